The van der Waals surface area contributed by atoms with Gasteiger partial charge in [0.25, 0.3) is 5.91 Å². The molecule has 1 aliphatic rings. The summed E-state index contributed by atoms with van der Waals surface area (Å²) in [6, 6.07) is 3.84. The number of hydrogen-bond acceptors (Lipinski definition) is 3. The first kappa shape index (κ1) is 15.2. The normalized spacial score (nSPS) is 21.6. The molecule has 21 heavy (non-hydrogen) atoms. The second-order valence-corrected chi connectivity index (χ2v) is 4.86. The fraction of sp³-hybridized carbons (Fsp3) is 0.333. The van der Waals surface area contributed by atoms with Crippen LogP contribution in [0.2, 0.25) is 0 Å². The lowest BCUT2D eigenvalue weighted by Crippen LogP contribution is -2.39. The molecule has 2 atom stereocenters. The van der Waals surface area contributed by atoms with Crippen molar-refractivity contribution in [1.82, 2.24) is 5.32 Å². The van der Waals surface area contributed by atoms with Crippen LogP contribution in [0.5, 0.6) is 0 Å². The predicted molar refractivity (Wildman–Crippen MR) is 74.4 cm³/mol. The highest BCUT2D eigenvalue weighted by molar-refractivity contribution is 5.95. The molecule has 1 heterocycles. The van der Waals surface area contributed by atoms with E-state index in [0.717, 1.165) is 12.1 Å². The van der Waals surface area contributed by atoms with Crippen molar-refractivity contribution < 1.29 is 23.8 Å². The van der Waals surface area contributed by atoms with E-state index in [-0.39, 0.29) is 17.7 Å². The predicted octanol–water partition coefficient (Wildman–Crippen LogP) is 1.83. The Morgan fingerprint density at radius 3 is 2.81 bits per heavy atom. The van der Waals surface area contributed by atoms with Gasteiger partial charge in [-0.3, -0.25) is 4.79 Å². The number of carbonyl (C=O) groups is 2. The first-order valence-corrected chi connectivity index (χ1v) is 6.60. The molecule has 0 radical (unpaired) electrons. The molecule has 0 saturated carbocycles. The van der Waals surface area contributed by atoms with Crippen molar-refractivity contribution in [1.29, 1.82) is 0 Å². The Balaban J connectivity index is 2.09. The Morgan fingerprint density at radius 1 is 1.48 bits per heavy atom. The number of carboxylic acids is 1. The number of ether oxygens (including phenoxy) is 1. The molecule has 1 saturated heterocycles. The van der Waals surface area contributed by atoms with Gasteiger partial charge in [0.1, 0.15) is 5.82 Å². The second-order valence-electron chi connectivity index (χ2n) is 4.86. The van der Waals surface area contributed by atoms with Gasteiger partial charge in [0, 0.05) is 12.7 Å². The van der Waals surface area contributed by atoms with E-state index in [2.05, 4.69) is 5.32 Å². The Kier molecular flexibility index (Phi) is 4.70. The molecule has 0 aromatic heterocycles. The van der Waals surface area contributed by atoms with Gasteiger partial charge >= 0.3 is 5.97 Å². The number of nitrogens with one attached hydrogen (secondary N) is 1. The summed E-state index contributed by atoms with van der Waals surface area (Å²) in [6.07, 6.45) is 2.79. The molecule has 1 amide bonds. The molecule has 1 aromatic rings. The summed E-state index contributed by atoms with van der Waals surface area (Å²) in [7, 11) is 0. The SMILES string of the molecule is CC1OCCC1NC(=O)c1ccc(/C=C/C(=O)O)cc1F. The first-order chi connectivity index (χ1) is 9.97. The summed E-state index contributed by atoms with van der Waals surface area (Å²) in [5.41, 5.74) is 0.311. The lowest BCUT2D eigenvalue weighted by molar-refractivity contribution is -0.131. The third kappa shape index (κ3) is 3.88. The minimum absolute atomic E-state index is 0.0680. The maximum atomic E-state index is 13.9. The summed E-state index contributed by atoms with van der Waals surface area (Å²) in [5.74, 6) is -2.30. The molecule has 0 spiro atoms. The number of rotatable bonds is 4. The van der Waals surface area contributed by atoms with E-state index in [0.29, 0.717) is 18.6 Å². The maximum absolute atomic E-state index is 13.9. The van der Waals surface area contributed by atoms with Gasteiger partial charge in [0.2, 0.25) is 0 Å². The molecule has 1 aromatic carbocycles. The van der Waals surface area contributed by atoms with Gasteiger partial charge < -0.3 is 15.2 Å². The van der Waals surface area contributed by atoms with Crippen LogP contribution < -0.4 is 5.32 Å². The molecule has 5 nitrogen and oxygen atoms in total. The van der Waals surface area contributed by atoms with Crippen LogP contribution in [0.25, 0.3) is 6.08 Å². The lowest BCUT2D eigenvalue weighted by atomic mass is 10.1. The van der Waals surface area contributed by atoms with E-state index in [1.165, 1.54) is 18.2 Å². The summed E-state index contributed by atoms with van der Waals surface area (Å²) in [5, 5.41) is 11.3. The molecule has 112 valence electrons. The van der Waals surface area contributed by atoms with Crippen LogP contribution in [0.15, 0.2) is 24.3 Å². The van der Waals surface area contributed by atoms with Crippen molar-refractivity contribution in [2.45, 2.75) is 25.5 Å². The van der Waals surface area contributed by atoms with Gasteiger partial charge in [0.15, 0.2) is 0 Å². The van der Waals surface area contributed by atoms with Crippen LogP contribution in [0.4, 0.5) is 4.39 Å². The third-order valence-corrected chi connectivity index (χ3v) is 3.35. The number of hydrogen-bond donors (Lipinski definition) is 2. The highest BCUT2D eigenvalue weighted by Gasteiger charge is 2.26. The zero-order valence-corrected chi connectivity index (χ0v) is 11.5. The standard InChI is InChI=1S/C15H16FNO4/c1-9-13(6-7-21-9)17-15(20)11-4-2-10(8-12(11)16)3-5-14(18)19/h2-5,8-9,13H,6-7H2,1H3,(H,17,20)(H,18,19)/b5-3+. The Hall–Kier alpha value is -2.21. The van der Waals surface area contributed by atoms with E-state index in [1.54, 1.807) is 0 Å². The zero-order chi connectivity index (χ0) is 15.4. The van der Waals surface area contributed by atoms with Gasteiger partial charge in [-0.1, -0.05) is 6.07 Å². The van der Waals surface area contributed by atoms with Crippen molar-refractivity contribution >= 4 is 18.0 Å². The van der Waals surface area contributed by atoms with Crippen LogP contribution in [0.3, 0.4) is 0 Å². The zero-order valence-electron chi connectivity index (χ0n) is 11.5. The molecular weight excluding hydrogens is 277 g/mol. The number of aliphatic carboxylic acids is 1. The molecule has 1 aliphatic heterocycles. The van der Waals surface area contributed by atoms with Gasteiger partial charge in [-0.15, -0.1) is 0 Å². The van der Waals surface area contributed by atoms with Gasteiger partial charge in [-0.2, -0.15) is 0 Å². The van der Waals surface area contributed by atoms with E-state index in [4.69, 9.17) is 9.84 Å². The van der Waals surface area contributed by atoms with Crippen molar-refractivity contribution in [3.8, 4) is 0 Å². The van der Waals surface area contributed by atoms with E-state index in [1.807, 2.05) is 6.92 Å². The van der Waals surface area contributed by atoms with E-state index >= 15 is 0 Å². The fourth-order valence-electron chi connectivity index (χ4n) is 2.15. The van der Waals surface area contributed by atoms with Crippen molar-refractivity contribution in [3.05, 3.63) is 41.2 Å². The highest BCUT2D eigenvalue weighted by Crippen LogP contribution is 2.16. The number of benzene rings is 1. The molecule has 0 bridgehead atoms. The average molecular weight is 293 g/mol. The molecular formula is C15H16FNO4. The Morgan fingerprint density at radius 2 is 2.24 bits per heavy atom. The average Bonchev–Trinajstić information content (AvgIpc) is 2.82. The minimum atomic E-state index is -1.12. The van der Waals surface area contributed by atoms with Gasteiger partial charge in [-0.05, 0) is 37.1 Å². The summed E-state index contributed by atoms with van der Waals surface area (Å²) >= 11 is 0. The van der Waals surface area contributed by atoms with Crippen LogP contribution in [0, 0.1) is 5.82 Å². The second kappa shape index (κ2) is 6.49. The topological polar surface area (TPSA) is 75.6 Å². The Bertz CT molecular complexity index is 585. The van der Waals surface area contributed by atoms with Gasteiger partial charge in [-0.25, -0.2) is 9.18 Å². The molecule has 2 unspecified atom stereocenters. The Labute approximate surface area is 121 Å². The number of carboxylic acid groups (broad SMARTS) is 1. The third-order valence-electron chi connectivity index (χ3n) is 3.35. The van der Waals surface area contributed by atoms with Crippen LogP contribution in [-0.4, -0.2) is 35.7 Å². The van der Waals surface area contributed by atoms with Crippen molar-refractivity contribution in [2.24, 2.45) is 0 Å². The number of carbonyl (C=O) groups excluding carboxylic acids is 1. The monoisotopic (exact) mass is 293 g/mol. The van der Waals surface area contributed by atoms with Crippen LogP contribution in [0.1, 0.15) is 29.3 Å². The van der Waals surface area contributed by atoms with Crippen LogP contribution >= 0.6 is 0 Å². The van der Waals surface area contributed by atoms with Crippen molar-refractivity contribution in [2.75, 3.05) is 6.61 Å². The minimum Gasteiger partial charge on any atom is -0.478 e. The highest BCUT2D eigenvalue weighted by atomic mass is 19.1. The van der Waals surface area contributed by atoms with E-state index in [9.17, 15) is 14.0 Å². The molecule has 6 heteroatoms. The quantitative estimate of drug-likeness (QED) is 0.830. The van der Waals surface area contributed by atoms with Gasteiger partial charge in [0.05, 0.1) is 17.7 Å². The number of halogens is 1. The number of amides is 1. The largest absolute Gasteiger partial charge is 0.478 e. The lowest BCUT2D eigenvalue weighted by Gasteiger charge is -2.16. The fourth-order valence-corrected chi connectivity index (χ4v) is 2.15. The summed E-state index contributed by atoms with van der Waals surface area (Å²) in [6.45, 7) is 2.43. The smallest absolute Gasteiger partial charge is 0.328 e. The maximum Gasteiger partial charge on any atom is 0.328 e. The summed E-state index contributed by atoms with van der Waals surface area (Å²) < 4.78 is 19.3. The molecule has 2 N–H and O–H groups in total. The van der Waals surface area contributed by atoms with Crippen LogP contribution in [-0.2, 0) is 9.53 Å². The molecule has 0 aliphatic carbocycles. The first-order valence-electron chi connectivity index (χ1n) is 6.60. The van der Waals surface area contributed by atoms with E-state index < -0.39 is 17.7 Å². The molecule has 1 fully saturated rings. The van der Waals surface area contributed by atoms with Crippen molar-refractivity contribution in [3.63, 3.8) is 0 Å². The molecule has 2 rings (SSSR count). The summed E-state index contributed by atoms with van der Waals surface area (Å²) in [4.78, 5) is 22.4.